The Morgan fingerprint density at radius 3 is 2.74 bits per heavy atom. The largest absolute Gasteiger partial charge is 0.462 e. The van der Waals surface area contributed by atoms with Crippen LogP contribution in [0, 0.1) is 28.6 Å². The number of ether oxygens (including phenoxy) is 1. The summed E-state index contributed by atoms with van der Waals surface area (Å²) in [7, 11) is 0. The molecule has 0 spiro atoms. The Labute approximate surface area is 162 Å². The molecule has 3 saturated carbocycles. The Balaban J connectivity index is 1.61. The minimum atomic E-state index is -0.424. The van der Waals surface area contributed by atoms with E-state index < -0.39 is 6.10 Å². The lowest BCUT2D eigenvalue weighted by atomic mass is 9.47. The van der Waals surface area contributed by atoms with Crippen LogP contribution in [-0.2, 0) is 14.3 Å². The maximum atomic E-state index is 11.9. The van der Waals surface area contributed by atoms with Gasteiger partial charge in [0.1, 0.15) is 6.61 Å². The van der Waals surface area contributed by atoms with E-state index in [9.17, 15) is 14.7 Å². The van der Waals surface area contributed by atoms with Gasteiger partial charge in [0.15, 0.2) is 5.78 Å². The lowest BCUT2D eigenvalue weighted by Gasteiger charge is -2.57. The lowest BCUT2D eigenvalue weighted by Crippen LogP contribution is -2.49. The van der Waals surface area contributed by atoms with Crippen molar-refractivity contribution in [3.8, 4) is 0 Å². The van der Waals surface area contributed by atoms with Gasteiger partial charge in [0.25, 0.3) is 0 Å². The van der Waals surface area contributed by atoms with Crippen LogP contribution in [0.2, 0.25) is 0 Å². The molecule has 0 aromatic rings. The van der Waals surface area contributed by atoms with Crippen LogP contribution < -0.4 is 0 Å². The van der Waals surface area contributed by atoms with E-state index in [1.54, 1.807) is 0 Å². The summed E-state index contributed by atoms with van der Waals surface area (Å²) >= 11 is 0. The molecule has 4 aliphatic carbocycles. The zero-order valence-corrected chi connectivity index (χ0v) is 16.8. The molecule has 0 amide bonds. The molecule has 0 unspecified atom stereocenters. The van der Waals surface area contributed by atoms with Crippen molar-refractivity contribution in [3.63, 3.8) is 0 Å². The van der Waals surface area contributed by atoms with Gasteiger partial charge in [0, 0.05) is 13.3 Å². The molecule has 1 N–H and O–H groups in total. The van der Waals surface area contributed by atoms with Gasteiger partial charge in [-0.3, -0.25) is 9.59 Å². The first-order valence-corrected chi connectivity index (χ1v) is 10.5. The quantitative estimate of drug-likeness (QED) is 0.588. The van der Waals surface area contributed by atoms with Gasteiger partial charge in [0.05, 0.1) is 6.10 Å². The smallest absolute Gasteiger partial charge is 0.302 e. The highest BCUT2D eigenvalue weighted by Crippen LogP contribution is 2.66. The van der Waals surface area contributed by atoms with Crippen LogP contribution in [0.25, 0.3) is 0 Å². The fraction of sp³-hybridized carbons (Fsp3) is 0.739. The van der Waals surface area contributed by atoms with Crippen LogP contribution in [0.5, 0.6) is 0 Å². The van der Waals surface area contributed by atoms with Gasteiger partial charge in [-0.05, 0) is 84.8 Å². The average molecular weight is 373 g/mol. The van der Waals surface area contributed by atoms with Crippen LogP contribution in [0.4, 0.5) is 0 Å². The van der Waals surface area contributed by atoms with Crippen molar-refractivity contribution in [2.24, 2.45) is 28.6 Å². The number of esters is 1. The van der Waals surface area contributed by atoms with Gasteiger partial charge in [-0.2, -0.15) is 0 Å². The van der Waals surface area contributed by atoms with Crippen LogP contribution >= 0.6 is 0 Å². The van der Waals surface area contributed by atoms with Crippen molar-refractivity contribution in [2.45, 2.75) is 71.8 Å². The van der Waals surface area contributed by atoms with Gasteiger partial charge >= 0.3 is 5.97 Å². The SMILES string of the molecule is CC(=O)OCC=C1[C@H](O)C[C@H]2[C@@H]3CCC4=CC(=O)CC[C@]4(C)[C@H]3CC[C@]12C. The maximum Gasteiger partial charge on any atom is 0.302 e. The number of hydrogen-bond donors (Lipinski definition) is 1. The molecule has 4 heteroatoms. The molecular weight excluding hydrogens is 340 g/mol. The zero-order chi connectivity index (χ0) is 19.4. The van der Waals surface area contributed by atoms with E-state index in [0.29, 0.717) is 30.0 Å². The van der Waals surface area contributed by atoms with Crippen LogP contribution in [0.1, 0.15) is 65.7 Å². The van der Waals surface area contributed by atoms with Crippen LogP contribution in [-0.4, -0.2) is 29.6 Å². The minimum absolute atomic E-state index is 0.00277. The predicted molar refractivity (Wildman–Crippen MR) is 103 cm³/mol. The summed E-state index contributed by atoms with van der Waals surface area (Å²) in [6, 6.07) is 0. The topological polar surface area (TPSA) is 63.6 Å². The van der Waals surface area contributed by atoms with Crippen molar-refractivity contribution in [1.82, 2.24) is 0 Å². The summed E-state index contributed by atoms with van der Waals surface area (Å²) in [5, 5.41) is 10.8. The summed E-state index contributed by atoms with van der Waals surface area (Å²) in [6.45, 7) is 6.36. The summed E-state index contributed by atoms with van der Waals surface area (Å²) in [5.74, 6) is 1.72. The van der Waals surface area contributed by atoms with Gasteiger partial charge < -0.3 is 9.84 Å². The first-order valence-electron chi connectivity index (χ1n) is 10.5. The van der Waals surface area contributed by atoms with Gasteiger partial charge in [-0.15, -0.1) is 0 Å². The number of aliphatic hydroxyl groups excluding tert-OH is 1. The molecule has 3 fully saturated rings. The zero-order valence-electron chi connectivity index (χ0n) is 16.8. The van der Waals surface area contributed by atoms with Crippen molar-refractivity contribution >= 4 is 11.8 Å². The second kappa shape index (κ2) is 6.58. The Morgan fingerprint density at radius 2 is 2.00 bits per heavy atom. The molecule has 0 aromatic heterocycles. The molecule has 4 rings (SSSR count). The highest BCUT2D eigenvalue weighted by Gasteiger charge is 2.59. The van der Waals surface area contributed by atoms with E-state index >= 15 is 0 Å². The second-order valence-electron chi connectivity index (χ2n) is 9.64. The molecular formula is C23H32O4. The Hall–Kier alpha value is -1.42. The van der Waals surface area contributed by atoms with Crippen molar-refractivity contribution < 1.29 is 19.4 Å². The third-order valence-electron chi connectivity index (χ3n) is 8.44. The Bertz CT molecular complexity index is 720. The number of aliphatic hydroxyl groups is 1. The normalized spacial score (nSPS) is 45.0. The molecule has 6 atom stereocenters. The van der Waals surface area contributed by atoms with Crippen molar-refractivity contribution in [1.29, 1.82) is 0 Å². The summed E-state index contributed by atoms with van der Waals surface area (Å²) in [6.07, 6.45) is 10.3. The first-order chi connectivity index (χ1) is 12.8. The monoisotopic (exact) mass is 372 g/mol. The third-order valence-corrected chi connectivity index (χ3v) is 8.44. The standard InChI is InChI=1S/C23H32O4/c1-14(24)27-11-8-19-21(26)13-20-17-5-4-15-12-16(25)6-9-22(15,2)18(17)7-10-23(19,20)3/h8,12,17-18,20-21,26H,4-7,9-11,13H2,1-3H3/t17-,18+,20+,21-,22+,23-/m1/s1. The Kier molecular flexibility index (Phi) is 4.61. The number of carbonyl (C=O) groups is 2. The number of allylic oxidation sites excluding steroid dienone is 1. The lowest BCUT2D eigenvalue weighted by molar-refractivity contribution is -0.139. The molecule has 27 heavy (non-hydrogen) atoms. The number of fused-ring (bicyclic) bond motifs is 5. The molecule has 4 aliphatic rings. The molecule has 0 saturated heterocycles. The van der Waals surface area contributed by atoms with E-state index in [2.05, 4.69) is 13.8 Å². The molecule has 148 valence electrons. The first kappa shape index (κ1) is 18.9. The highest BCUT2D eigenvalue weighted by molar-refractivity contribution is 5.91. The third kappa shape index (κ3) is 2.91. The highest BCUT2D eigenvalue weighted by atomic mass is 16.5. The van der Waals surface area contributed by atoms with E-state index in [0.717, 1.165) is 44.1 Å². The minimum Gasteiger partial charge on any atom is -0.462 e. The fourth-order valence-electron chi connectivity index (χ4n) is 7.04. The molecule has 0 radical (unpaired) electrons. The van der Waals surface area contributed by atoms with Gasteiger partial charge in [-0.1, -0.05) is 19.4 Å². The Morgan fingerprint density at radius 1 is 1.22 bits per heavy atom. The average Bonchev–Trinajstić information content (AvgIpc) is 2.86. The summed E-state index contributed by atoms with van der Waals surface area (Å²) in [4.78, 5) is 23.0. The maximum absolute atomic E-state index is 11.9. The molecule has 0 bridgehead atoms. The number of rotatable bonds is 2. The van der Waals surface area contributed by atoms with Crippen LogP contribution in [0.15, 0.2) is 23.3 Å². The van der Waals surface area contributed by atoms with Crippen molar-refractivity contribution in [3.05, 3.63) is 23.3 Å². The van der Waals surface area contributed by atoms with Gasteiger partial charge in [-0.25, -0.2) is 0 Å². The van der Waals surface area contributed by atoms with Crippen LogP contribution in [0.3, 0.4) is 0 Å². The summed E-state index contributed by atoms with van der Waals surface area (Å²) in [5.41, 5.74) is 2.63. The molecule has 0 aliphatic heterocycles. The molecule has 0 heterocycles. The fourth-order valence-corrected chi connectivity index (χ4v) is 7.04. The van der Waals surface area contributed by atoms with E-state index in [1.165, 1.54) is 12.5 Å². The predicted octanol–water partition coefficient (Wildman–Crippen LogP) is 3.98. The van der Waals surface area contributed by atoms with Crippen molar-refractivity contribution in [2.75, 3.05) is 6.61 Å². The number of ketones is 1. The molecule has 4 nitrogen and oxygen atoms in total. The van der Waals surface area contributed by atoms with Gasteiger partial charge in [0.2, 0.25) is 0 Å². The number of carbonyl (C=O) groups excluding carboxylic acids is 2. The second-order valence-corrected chi connectivity index (χ2v) is 9.64. The number of hydrogen-bond acceptors (Lipinski definition) is 4. The summed E-state index contributed by atoms with van der Waals surface area (Å²) < 4.78 is 5.11. The van der Waals surface area contributed by atoms with E-state index in [4.69, 9.17) is 4.74 Å². The van der Waals surface area contributed by atoms with E-state index in [1.807, 2.05) is 12.2 Å². The molecule has 0 aromatic carbocycles. The van der Waals surface area contributed by atoms with E-state index in [-0.39, 0.29) is 23.4 Å².